The van der Waals surface area contributed by atoms with Gasteiger partial charge in [0.2, 0.25) is 0 Å². The largest absolute Gasteiger partial charge is 0.493 e. The third-order valence-corrected chi connectivity index (χ3v) is 5.00. The van der Waals surface area contributed by atoms with E-state index in [-0.39, 0.29) is 23.9 Å². The molecule has 5 heteroatoms. The van der Waals surface area contributed by atoms with Crippen LogP contribution < -0.4 is 4.74 Å². The highest BCUT2D eigenvalue weighted by Crippen LogP contribution is 2.26. The third-order valence-electron chi connectivity index (χ3n) is 3.18. The molecule has 0 saturated heterocycles. The Morgan fingerprint density at radius 2 is 2.00 bits per heavy atom. The number of hydrogen-bond acceptors (Lipinski definition) is 4. The Morgan fingerprint density at radius 3 is 2.74 bits per heavy atom. The van der Waals surface area contributed by atoms with Gasteiger partial charge in [0.05, 0.1) is 11.5 Å². The second-order valence-electron chi connectivity index (χ2n) is 4.74. The van der Waals surface area contributed by atoms with Gasteiger partial charge < -0.3 is 4.74 Å². The molecule has 0 unspecified atom stereocenters. The first-order valence-corrected chi connectivity index (χ1v) is 8.33. The number of rotatable bonds is 6. The Bertz CT molecular complexity index is 575. The average molecular weight is 282 g/mol. The van der Waals surface area contributed by atoms with Crippen molar-refractivity contribution in [2.45, 2.75) is 26.2 Å². The van der Waals surface area contributed by atoms with Gasteiger partial charge >= 0.3 is 0 Å². The molecule has 0 radical (unpaired) electrons. The molecule has 0 saturated carbocycles. The van der Waals surface area contributed by atoms with Gasteiger partial charge in [0.25, 0.3) is 0 Å². The van der Waals surface area contributed by atoms with Crippen molar-refractivity contribution >= 4 is 15.6 Å². The predicted molar refractivity (Wildman–Crippen MR) is 73.5 cm³/mol. The number of aryl methyl sites for hydroxylation is 1. The molecular formula is C14H18O4S. The molecule has 0 aromatic heterocycles. The second kappa shape index (κ2) is 5.74. The highest BCUT2D eigenvalue weighted by Gasteiger charge is 2.19. The first kappa shape index (κ1) is 14.1. The monoisotopic (exact) mass is 282 g/mol. The van der Waals surface area contributed by atoms with E-state index in [2.05, 4.69) is 0 Å². The summed E-state index contributed by atoms with van der Waals surface area (Å²) >= 11 is 0. The fraction of sp³-hybridized carbons (Fsp3) is 0.500. The van der Waals surface area contributed by atoms with Gasteiger partial charge in [-0.1, -0.05) is 6.92 Å². The van der Waals surface area contributed by atoms with Gasteiger partial charge in [-0.3, -0.25) is 4.79 Å². The topological polar surface area (TPSA) is 60.4 Å². The van der Waals surface area contributed by atoms with Crippen molar-refractivity contribution in [1.82, 2.24) is 0 Å². The smallest absolute Gasteiger partial charge is 0.163 e. The van der Waals surface area contributed by atoms with Crippen LogP contribution in [0.2, 0.25) is 0 Å². The van der Waals surface area contributed by atoms with Crippen molar-refractivity contribution in [3.05, 3.63) is 29.3 Å². The number of carbonyl (C=O) groups is 1. The third kappa shape index (κ3) is 3.56. The van der Waals surface area contributed by atoms with Gasteiger partial charge in [-0.2, -0.15) is 0 Å². The molecule has 0 N–H and O–H groups in total. The van der Waals surface area contributed by atoms with E-state index in [1.807, 2.05) is 13.0 Å². The van der Waals surface area contributed by atoms with E-state index in [9.17, 15) is 13.2 Å². The van der Waals surface area contributed by atoms with E-state index >= 15 is 0 Å². The molecule has 1 aromatic rings. The van der Waals surface area contributed by atoms with Gasteiger partial charge in [0, 0.05) is 12.0 Å². The molecule has 0 atom stereocenters. The van der Waals surface area contributed by atoms with Gasteiger partial charge in [0.1, 0.15) is 12.4 Å². The number of fused-ring (bicyclic) bond motifs is 1. The summed E-state index contributed by atoms with van der Waals surface area (Å²) in [5.41, 5.74) is 1.77. The Labute approximate surface area is 113 Å². The predicted octanol–water partition coefficient (Wildman–Crippen LogP) is 2.02. The van der Waals surface area contributed by atoms with E-state index in [0.29, 0.717) is 18.6 Å². The van der Waals surface area contributed by atoms with E-state index in [4.69, 9.17) is 4.74 Å². The minimum Gasteiger partial charge on any atom is -0.493 e. The molecule has 104 valence electrons. The molecule has 1 aromatic carbocycles. The number of ketones is 1. The second-order valence-corrected chi connectivity index (χ2v) is 7.05. The van der Waals surface area contributed by atoms with Crippen molar-refractivity contribution in [3.63, 3.8) is 0 Å². The highest BCUT2D eigenvalue weighted by molar-refractivity contribution is 7.91. The lowest BCUT2D eigenvalue weighted by Crippen LogP contribution is -2.16. The summed E-state index contributed by atoms with van der Waals surface area (Å²) in [4.78, 5) is 11.5. The van der Waals surface area contributed by atoms with Crippen LogP contribution in [0, 0.1) is 0 Å². The summed E-state index contributed by atoms with van der Waals surface area (Å²) in [6.07, 6.45) is 1.94. The van der Waals surface area contributed by atoms with Crippen LogP contribution in [-0.2, 0) is 16.3 Å². The van der Waals surface area contributed by atoms with Crippen LogP contribution in [0.3, 0.4) is 0 Å². The van der Waals surface area contributed by atoms with Crippen LogP contribution in [0.4, 0.5) is 0 Å². The average Bonchev–Trinajstić information content (AvgIpc) is 2.70. The summed E-state index contributed by atoms with van der Waals surface area (Å²) in [5.74, 6) is 1.05. The summed E-state index contributed by atoms with van der Waals surface area (Å²) in [5, 5.41) is 0. The fourth-order valence-corrected chi connectivity index (χ4v) is 3.38. The maximum atomic E-state index is 11.5. The zero-order valence-electron chi connectivity index (χ0n) is 11.0. The van der Waals surface area contributed by atoms with E-state index in [1.165, 1.54) is 0 Å². The molecule has 1 aliphatic rings. The van der Waals surface area contributed by atoms with Gasteiger partial charge in [-0.05, 0) is 36.6 Å². The number of Topliss-reactive ketones (excluding diaryl/α,β-unsaturated/α-hetero) is 1. The molecule has 0 bridgehead atoms. The zero-order valence-corrected chi connectivity index (χ0v) is 11.8. The first-order valence-electron chi connectivity index (χ1n) is 6.51. The van der Waals surface area contributed by atoms with E-state index in [0.717, 1.165) is 17.5 Å². The SMILES string of the molecule is CCCS(=O)(=O)CCOc1ccc2c(c1)CCC2=O. The van der Waals surface area contributed by atoms with Crippen molar-refractivity contribution in [3.8, 4) is 5.75 Å². The first-order chi connectivity index (χ1) is 9.02. The van der Waals surface area contributed by atoms with Crippen molar-refractivity contribution in [2.24, 2.45) is 0 Å². The molecule has 0 aliphatic heterocycles. The molecular weight excluding hydrogens is 264 g/mol. The van der Waals surface area contributed by atoms with Crippen LogP contribution >= 0.6 is 0 Å². The lowest BCUT2D eigenvalue weighted by molar-refractivity contribution is 0.0994. The van der Waals surface area contributed by atoms with Gasteiger partial charge in [-0.25, -0.2) is 8.42 Å². The fourth-order valence-electron chi connectivity index (χ4n) is 2.22. The normalized spacial score (nSPS) is 14.5. The molecule has 4 nitrogen and oxygen atoms in total. The minimum absolute atomic E-state index is 0.0385. The van der Waals surface area contributed by atoms with Crippen LogP contribution in [-0.4, -0.2) is 32.3 Å². The van der Waals surface area contributed by atoms with Crippen molar-refractivity contribution in [1.29, 1.82) is 0 Å². The summed E-state index contributed by atoms with van der Waals surface area (Å²) in [6, 6.07) is 5.34. The number of carbonyl (C=O) groups excluding carboxylic acids is 1. The van der Waals surface area contributed by atoms with Gasteiger partial charge in [-0.15, -0.1) is 0 Å². The highest BCUT2D eigenvalue weighted by atomic mass is 32.2. The lowest BCUT2D eigenvalue weighted by Gasteiger charge is -2.08. The molecule has 0 amide bonds. The molecule has 2 rings (SSSR count). The van der Waals surface area contributed by atoms with Crippen LogP contribution in [0.1, 0.15) is 35.7 Å². The Kier molecular flexibility index (Phi) is 4.24. The number of sulfone groups is 1. The maximum Gasteiger partial charge on any atom is 0.163 e. The van der Waals surface area contributed by atoms with Crippen LogP contribution in [0.5, 0.6) is 5.75 Å². The molecule has 19 heavy (non-hydrogen) atoms. The van der Waals surface area contributed by atoms with Crippen molar-refractivity contribution < 1.29 is 17.9 Å². The maximum absolute atomic E-state index is 11.5. The number of hydrogen-bond donors (Lipinski definition) is 0. The standard InChI is InChI=1S/C14H18O4S/c1-2-8-19(16,17)9-7-18-12-4-5-13-11(10-12)3-6-14(13)15/h4-5,10H,2-3,6-9H2,1H3. The summed E-state index contributed by atoms with van der Waals surface area (Å²) < 4.78 is 28.5. The Hall–Kier alpha value is -1.36. The Balaban J connectivity index is 1.93. The van der Waals surface area contributed by atoms with E-state index in [1.54, 1.807) is 12.1 Å². The lowest BCUT2D eigenvalue weighted by atomic mass is 10.1. The summed E-state index contributed by atoms with van der Waals surface area (Å²) in [7, 11) is -3.00. The van der Waals surface area contributed by atoms with Crippen molar-refractivity contribution in [2.75, 3.05) is 18.1 Å². The molecule has 0 spiro atoms. The number of ether oxygens (including phenoxy) is 1. The minimum atomic E-state index is -3.00. The van der Waals surface area contributed by atoms with Crippen LogP contribution in [0.25, 0.3) is 0 Å². The molecule has 1 aliphatic carbocycles. The van der Waals surface area contributed by atoms with Crippen LogP contribution in [0.15, 0.2) is 18.2 Å². The molecule has 0 fully saturated rings. The Morgan fingerprint density at radius 1 is 1.21 bits per heavy atom. The zero-order chi connectivity index (χ0) is 13.9. The van der Waals surface area contributed by atoms with E-state index < -0.39 is 9.84 Å². The molecule has 0 heterocycles. The number of benzene rings is 1. The van der Waals surface area contributed by atoms with Gasteiger partial charge in [0.15, 0.2) is 15.6 Å². The quantitative estimate of drug-likeness (QED) is 0.801. The summed E-state index contributed by atoms with van der Waals surface area (Å²) in [6.45, 7) is 2.00.